The lowest BCUT2D eigenvalue weighted by Crippen LogP contribution is -2.49. The summed E-state index contributed by atoms with van der Waals surface area (Å²) in [5, 5.41) is 3.58. The highest BCUT2D eigenvalue weighted by Crippen LogP contribution is 2.22. The van der Waals surface area contributed by atoms with Gasteiger partial charge in [0.2, 0.25) is 0 Å². The Bertz CT molecular complexity index is 1020. The van der Waals surface area contributed by atoms with Crippen LogP contribution in [0.3, 0.4) is 0 Å². The zero-order valence-electron chi connectivity index (χ0n) is 18.1. The van der Waals surface area contributed by atoms with Gasteiger partial charge in [0.15, 0.2) is 0 Å². The van der Waals surface area contributed by atoms with Crippen molar-refractivity contribution in [2.75, 3.05) is 55.6 Å². The summed E-state index contributed by atoms with van der Waals surface area (Å²) in [6, 6.07) is 20.6. The molecule has 1 N–H and O–H groups in total. The number of carbonyl (C=O) groups is 1. The monoisotopic (exact) mass is 428 g/mol. The molecule has 0 radical (unpaired) electrons. The van der Waals surface area contributed by atoms with E-state index in [1.165, 1.54) is 5.56 Å². The molecular formula is C25H28N6O. The number of amides is 1. The maximum atomic E-state index is 13.0. The van der Waals surface area contributed by atoms with Crippen LogP contribution in [0.1, 0.15) is 22.0 Å². The zero-order valence-corrected chi connectivity index (χ0v) is 18.1. The van der Waals surface area contributed by atoms with Gasteiger partial charge in [0, 0.05) is 64.2 Å². The van der Waals surface area contributed by atoms with Crippen molar-refractivity contribution in [3.8, 4) is 0 Å². The molecule has 1 aromatic carbocycles. The minimum Gasteiger partial charge on any atom is -0.353 e. The van der Waals surface area contributed by atoms with Crippen LogP contribution in [0.5, 0.6) is 0 Å². The van der Waals surface area contributed by atoms with Crippen molar-refractivity contribution in [3.05, 3.63) is 84.2 Å². The highest BCUT2D eigenvalue weighted by Gasteiger charge is 2.24. The van der Waals surface area contributed by atoms with Crippen molar-refractivity contribution in [2.24, 2.45) is 0 Å². The second-order valence-corrected chi connectivity index (χ2v) is 8.24. The molecule has 2 aromatic heterocycles. The van der Waals surface area contributed by atoms with Gasteiger partial charge < -0.3 is 20.0 Å². The molecule has 0 bridgehead atoms. The van der Waals surface area contributed by atoms with Crippen LogP contribution in [-0.4, -0.2) is 66.6 Å². The van der Waals surface area contributed by atoms with Gasteiger partial charge in [0.25, 0.3) is 5.91 Å². The molecule has 1 unspecified atom stereocenters. The number of nitrogens with one attached hydrogen (secondary N) is 1. The number of piperazine rings is 2. The first-order valence-corrected chi connectivity index (χ1v) is 11.2. The fraction of sp³-hybridized carbons (Fsp3) is 0.320. The maximum Gasteiger partial charge on any atom is 0.255 e. The van der Waals surface area contributed by atoms with Gasteiger partial charge in [-0.2, -0.15) is 0 Å². The van der Waals surface area contributed by atoms with Crippen molar-refractivity contribution in [2.45, 2.75) is 6.04 Å². The minimum absolute atomic E-state index is 0.0483. The average Bonchev–Trinajstić information content (AvgIpc) is 2.89. The molecule has 2 aliphatic rings. The van der Waals surface area contributed by atoms with Gasteiger partial charge in [0.05, 0.1) is 5.56 Å². The van der Waals surface area contributed by atoms with Crippen LogP contribution in [0, 0.1) is 0 Å². The summed E-state index contributed by atoms with van der Waals surface area (Å²) < 4.78 is 0. The Labute approximate surface area is 188 Å². The Morgan fingerprint density at radius 2 is 1.59 bits per heavy atom. The number of hydrogen-bond donors (Lipinski definition) is 1. The number of benzene rings is 1. The second kappa shape index (κ2) is 9.36. The summed E-state index contributed by atoms with van der Waals surface area (Å²) in [4.78, 5) is 28.5. The predicted octanol–water partition coefficient (Wildman–Crippen LogP) is 2.59. The fourth-order valence-electron chi connectivity index (χ4n) is 4.43. The molecular weight excluding hydrogens is 400 g/mol. The number of carbonyl (C=O) groups excluding carboxylic acids is 1. The van der Waals surface area contributed by atoms with Crippen LogP contribution in [0.25, 0.3) is 0 Å². The zero-order chi connectivity index (χ0) is 21.8. The van der Waals surface area contributed by atoms with Crippen molar-refractivity contribution >= 4 is 17.5 Å². The van der Waals surface area contributed by atoms with E-state index in [1.54, 1.807) is 12.4 Å². The van der Waals surface area contributed by atoms with Crippen LogP contribution in [0.4, 0.5) is 11.6 Å². The molecule has 2 aliphatic heterocycles. The van der Waals surface area contributed by atoms with E-state index in [0.717, 1.165) is 44.4 Å². The van der Waals surface area contributed by atoms with Crippen LogP contribution in [0.15, 0.2) is 73.1 Å². The van der Waals surface area contributed by atoms with Gasteiger partial charge in [-0.05, 0) is 29.8 Å². The number of hydrogen-bond acceptors (Lipinski definition) is 6. The summed E-state index contributed by atoms with van der Waals surface area (Å²) in [5.41, 5.74) is 1.93. The Morgan fingerprint density at radius 3 is 2.31 bits per heavy atom. The first kappa shape index (κ1) is 20.5. The van der Waals surface area contributed by atoms with Crippen molar-refractivity contribution in [3.63, 3.8) is 0 Å². The normalized spacial score (nSPS) is 19.1. The van der Waals surface area contributed by atoms with Crippen LogP contribution >= 0.6 is 0 Å². The van der Waals surface area contributed by atoms with Gasteiger partial charge >= 0.3 is 0 Å². The molecule has 1 atom stereocenters. The average molecular weight is 429 g/mol. The first-order valence-electron chi connectivity index (χ1n) is 11.2. The van der Waals surface area contributed by atoms with Crippen LogP contribution < -0.4 is 15.1 Å². The predicted molar refractivity (Wildman–Crippen MR) is 126 cm³/mol. The van der Waals surface area contributed by atoms with Crippen LogP contribution in [0.2, 0.25) is 0 Å². The third-order valence-electron chi connectivity index (χ3n) is 6.24. The Kier molecular flexibility index (Phi) is 5.98. The van der Waals surface area contributed by atoms with Gasteiger partial charge in [-0.3, -0.25) is 4.79 Å². The van der Waals surface area contributed by atoms with E-state index in [9.17, 15) is 4.79 Å². The van der Waals surface area contributed by atoms with E-state index in [0.29, 0.717) is 18.7 Å². The Balaban J connectivity index is 1.20. The van der Waals surface area contributed by atoms with Gasteiger partial charge in [-0.15, -0.1) is 0 Å². The van der Waals surface area contributed by atoms with E-state index in [2.05, 4.69) is 49.4 Å². The lowest BCUT2D eigenvalue weighted by molar-refractivity contribution is 0.0746. The maximum absolute atomic E-state index is 13.0. The lowest BCUT2D eigenvalue weighted by Gasteiger charge is -2.36. The summed E-state index contributed by atoms with van der Waals surface area (Å²) in [6.07, 6.45) is 3.53. The fourth-order valence-corrected chi connectivity index (χ4v) is 4.43. The van der Waals surface area contributed by atoms with Gasteiger partial charge in [-0.1, -0.05) is 36.4 Å². The molecule has 5 rings (SSSR count). The van der Waals surface area contributed by atoms with E-state index >= 15 is 0 Å². The van der Waals surface area contributed by atoms with Gasteiger partial charge in [0.1, 0.15) is 11.6 Å². The highest BCUT2D eigenvalue weighted by molar-refractivity contribution is 5.94. The number of nitrogens with zero attached hydrogens (tertiary/aromatic N) is 5. The smallest absolute Gasteiger partial charge is 0.255 e. The summed E-state index contributed by atoms with van der Waals surface area (Å²) >= 11 is 0. The molecule has 2 saturated heterocycles. The minimum atomic E-state index is 0.0483. The summed E-state index contributed by atoms with van der Waals surface area (Å²) in [5.74, 6) is 1.94. The highest BCUT2D eigenvalue weighted by atomic mass is 16.2. The van der Waals surface area contributed by atoms with Crippen molar-refractivity contribution in [1.82, 2.24) is 20.2 Å². The largest absolute Gasteiger partial charge is 0.353 e. The third-order valence-corrected chi connectivity index (χ3v) is 6.24. The first-order chi connectivity index (χ1) is 15.8. The molecule has 164 valence electrons. The molecule has 0 spiro atoms. The number of pyridine rings is 2. The van der Waals surface area contributed by atoms with Crippen molar-refractivity contribution < 1.29 is 4.79 Å². The molecule has 7 heteroatoms. The van der Waals surface area contributed by atoms with E-state index in [4.69, 9.17) is 0 Å². The number of anilines is 2. The molecule has 0 aliphatic carbocycles. The standard InChI is InChI=1S/C25H28N6O/c32-25(30-16-14-29(15-17-30)23-8-4-5-11-27-23)21-9-10-24(28-18-21)31-13-12-26-22(19-31)20-6-2-1-3-7-20/h1-11,18,22,26H,12-17,19H2. The third kappa shape index (κ3) is 4.43. The molecule has 4 heterocycles. The van der Waals surface area contributed by atoms with E-state index in [-0.39, 0.29) is 11.9 Å². The van der Waals surface area contributed by atoms with Gasteiger partial charge in [-0.25, -0.2) is 9.97 Å². The molecule has 3 aromatic rings. The molecule has 0 saturated carbocycles. The molecule has 32 heavy (non-hydrogen) atoms. The summed E-state index contributed by atoms with van der Waals surface area (Å²) in [7, 11) is 0. The molecule has 7 nitrogen and oxygen atoms in total. The second-order valence-electron chi connectivity index (χ2n) is 8.24. The Hall–Kier alpha value is -3.45. The SMILES string of the molecule is O=C(c1ccc(N2CCNC(c3ccccc3)C2)nc1)N1CCN(c2ccccn2)CC1. The lowest BCUT2D eigenvalue weighted by atomic mass is 10.0. The Morgan fingerprint density at radius 1 is 0.812 bits per heavy atom. The summed E-state index contributed by atoms with van der Waals surface area (Å²) in [6.45, 7) is 5.62. The number of rotatable bonds is 4. The van der Waals surface area contributed by atoms with E-state index in [1.807, 2.05) is 41.3 Å². The van der Waals surface area contributed by atoms with Crippen LogP contribution in [-0.2, 0) is 0 Å². The van der Waals surface area contributed by atoms with E-state index < -0.39 is 0 Å². The quantitative estimate of drug-likeness (QED) is 0.689. The molecule has 1 amide bonds. The molecule has 2 fully saturated rings. The van der Waals surface area contributed by atoms with Crippen molar-refractivity contribution in [1.29, 1.82) is 0 Å². The number of aromatic nitrogens is 2. The topological polar surface area (TPSA) is 64.6 Å².